The van der Waals surface area contributed by atoms with Crippen LogP contribution in [0.15, 0.2) is 47.4 Å². The lowest BCUT2D eigenvalue weighted by molar-refractivity contribution is -0.132. The van der Waals surface area contributed by atoms with Crippen molar-refractivity contribution < 1.29 is 18.3 Å². The molecule has 3 heterocycles. The van der Waals surface area contributed by atoms with Crippen molar-refractivity contribution in [2.75, 3.05) is 12.4 Å². The zero-order valence-electron chi connectivity index (χ0n) is 24.0. The molecule has 0 saturated heterocycles. The van der Waals surface area contributed by atoms with Crippen LogP contribution in [0, 0.1) is 29.4 Å². The lowest BCUT2D eigenvalue weighted by atomic mass is 9.69. The topological polar surface area (TPSA) is 110 Å². The summed E-state index contributed by atoms with van der Waals surface area (Å²) in [5.74, 6) is -0.354. The molecule has 3 aromatic rings. The largest absolute Gasteiger partial charge is 0.491 e. The number of carbonyl (C=O) groups is 1. The monoisotopic (exact) mass is 565 g/mol. The maximum atomic E-state index is 15.0. The Balaban J connectivity index is 1.40. The number of carbonyl (C=O) groups excluding carboxylic acids is 1. The Morgan fingerprint density at radius 1 is 1.22 bits per heavy atom. The molecular weight excluding hydrogens is 528 g/mol. The predicted octanol–water partition coefficient (Wildman–Crippen LogP) is 5.03. The van der Waals surface area contributed by atoms with Gasteiger partial charge in [-0.05, 0) is 57.1 Å². The molecule has 0 spiro atoms. The first-order valence-corrected chi connectivity index (χ1v) is 14.0. The van der Waals surface area contributed by atoms with Crippen LogP contribution in [0.5, 0.6) is 5.75 Å². The summed E-state index contributed by atoms with van der Waals surface area (Å²) in [6, 6.07) is 5.47. The number of benzene rings is 1. The van der Waals surface area contributed by atoms with Gasteiger partial charge in [-0.3, -0.25) is 9.79 Å². The van der Waals surface area contributed by atoms with E-state index in [1.165, 1.54) is 16.6 Å². The minimum Gasteiger partial charge on any atom is -0.491 e. The van der Waals surface area contributed by atoms with Gasteiger partial charge in [-0.2, -0.15) is 9.61 Å². The average molecular weight is 566 g/mol. The van der Waals surface area contributed by atoms with Gasteiger partial charge in [0, 0.05) is 62.2 Å². The molecule has 1 saturated carbocycles. The smallest absolute Gasteiger partial charge is 0.228 e. The van der Waals surface area contributed by atoms with Crippen molar-refractivity contribution in [3.05, 3.63) is 54.0 Å². The Morgan fingerprint density at radius 3 is 2.61 bits per heavy atom. The van der Waals surface area contributed by atoms with E-state index in [2.05, 4.69) is 27.3 Å². The summed E-state index contributed by atoms with van der Waals surface area (Å²) in [5.41, 5.74) is 8.06. The Hall–Kier alpha value is -3.86. The minimum atomic E-state index is -0.761. The van der Waals surface area contributed by atoms with E-state index in [-0.39, 0.29) is 58.9 Å². The SMILES string of the molecule is CC(=O)N(C)C1C(C)CC(C2CC=NC=C2Nc2ncc3ccc(-c4c(F)cc(OC(C)C)cc4F)nn23)CC1N. The molecule has 218 valence electrons. The second-order valence-corrected chi connectivity index (χ2v) is 11.4. The molecule has 5 unspecified atom stereocenters. The number of hydrogen-bond donors (Lipinski definition) is 2. The first kappa shape index (κ1) is 28.7. The van der Waals surface area contributed by atoms with Gasteiger partial charge in [-0.25, -0.2) is 13.8 Å². The van der Waals surface area contributed by atoms with Crippen LogP contribution in [0.2, 0.25) is 0 Å². The Kier molecular flexibility index (Phi) is 8.08. The van der Waals surface area contributed by atoms with E-state index < -0.39 is 11.6 Å². The molecule has 5 rings (SSSR count). The number of allylic oxidation sites excluding steroid dienone is 1. The molecule has 1 aliphatic carbocycles. The van der Waals surface area contributed by atoms with Crippen LogP contribution in [0.25, 0.3) is 16.8 Å². The number of rotatable bonds is 7. The van der Waals surface area contributed by atoms with Crippen molar-refractivity contribution >= 4 is 23.6 Å². The van der Waals surface area contributed by atoms with Crippen LogP contribution in [0.3, 0.4) is 0 Å². The van der Waals surface area contributed by atoms with E-state index in [4.69, 9.17) is 10.5 Å². The van der Waals surface area contributed by atoms with Crippen molar-refractivity contribution in [1.82, 2.24) is 19.5 Å². The summed E-state index contributed by atoms with van der Waals surface area (Å²) in [4.78, 5) is 22.7. The van der Waals surface area contributed by atoms with E-state index in [9.17, 15) is 4.79 Å². The summed E-state index contributed by atoms with van der Waals surface area (Å²) >= 11 is 0. The number of nitrogens with one attached hydrogen (secondary N) is 1. The lowest BCUT2D eigenvalue weighted by Gasteiger charge is -2.45. The second-order valence-electron chi connectivity index (χ2n) is 11.4. The van der Waals surface area contributed by atoms with Crippen LogP contribution >= 0.6 is 0 Å². The number of likely N-dealkylation sites (N-methyl/N-ethyl adjacent to an activating group) is 1. The number of nitrogens with zero attached hydrogens (tertiary/aromatic N) is 5. The van der Waals surface area contributed by atoms with Gasteiger partial charge in [0.25, 0.3) is 0 Å². The molecule has 0 radical (unpaired) electrons. The van der Waals surface area contributed by atoms with Crippen molar-refractivity contribution in [3.8, 4) is 17.0 Å². The molecule has 41 heavy (non-hydrogen) atoms. The number of aromatic nitrogens is 3. The molecule has 2 aromatic heterocycles. The number of nitrogens with two attached hydrogens (primary N) is 1. The molecule has 2 aliphatic rings. The van der Waals surface area contributed by atoms with Crippen LogP contribution in [-0.4, -0.2) is 56.9 Å². The molecule has 1 amide bonds. The van der Waals surface area contributed by atoms with Gasteiger partial charge < -0.3 is 20.7 Å². The van der Waals surface area contributed by atoms with Gasteiger partial charge in [-0.15, -0.1) is 0 Å². The third-order valence-corrected chi connectivity index (χ3v) is 8.15. The Bertz CT molecular complexity index is 1470. The lowest BCUT2D eigenvalue weighted by Crippen LogP contribution is -2.56. The van der Waals surface area contributed by atoms with Gasteiger partial charge in [0.1, 0.15) is 17.4 Å². The number of amides is 1. The van der Waals surface area contributed by atoms with Gasteiger partial charge in [0.2, 0.25) is 11.9 Å². The van der Waals surface area contributed by atoms with Crippen molar-refractivity contribution in [1.29, 1.82) is 0 Å². The van der Waals surface area contributed by atoms with Crippen LogP contribution in [0.4, 0.5) is 14.7 Å². The number of imidazole rings is 1. The minimum absolute atomic E-state index is 0.00736. The van der Waals surface area contributed by atoms with Crippen molar-refractivity contribution in [2.45, 2.75) is 65.1 Å². The van der Waals surface area contributed by atoms with Gasteiger partial charge in [0.15, 0.2) is 0 Å². The summed E-state index contributed by atoms with van der Waals surface area (Å²) in [7, 11) is 1.82. The molecule has 5 atom stereocenters. The Morgan fingerprint density at radius 2 is 1.95 bits per heavy atom. The fraction of sp³-hybridized carbons (Fsp3) is 0.467. The summed E-state index contributed by atoms with van der Waals surface area (Å²) < 4.78 is 37.1. The highest BCUT2D eigenvalue weighted by Crippen LogP contribution is 2.40. The predicted molar refractivity (Wildman–Crippen MR) is 155 cm³/mol. The van der Waals surface area contributed by atoms with E-state index in [1.54, 1.807) is 50.2 Å². The Labute approximate surface area is 238 Å². The summed E-state index contributed by atoms with van der Waals surface area (Å²) in [5, 5.41) is 7.93. The summed E-state index contributed by atoms with van der Waals surface area (Å²) in [6.07, 6.45) is 7.53. The highest BCUT2D eigenvalue weighted by atomic mass is 19.1. The zero-order valence-corrected chi connectivity index (χ0v) is 24.0. The number of anilines is 1. The molecule has 0 bridgehead atoms. The van der Waals surface area contributed by atoms with Gasteiger partial charge in [-0.1, -0.05) is 6.92 Å². The quantitative estimate of drug-likeness (QED) is 0.416. The summed E-state index contributed by atoms with van der Waals surface area (Å²) in [6.45, 7) is 7.30. The fourth-order valence-electron chi connectivity index (χ4n) is 6.30. The number of fused-ring (bicyclic) bond motifs is 1. The van der Waals surface area contributed by atoms with Gasteiger partial charge in [0.05, 0.1) is 29.1 Å². The van der Waals surface area contributed by atoms with E-state index >= 15 is 8.78 Å². The number of halogens is 2. The first-order chi connectivity index (χ1) is 19.5. The number of ether oxygens (including phenoxy) is 1. The number of hydrogen-bond acceptors (Lipinski definition) is 7. The van der Waals surface area contributed by atoms with E-state index in [1.807, 2.05) is 13.3 Å². The van der Waals surface area contributed by atoms with Crippen LogP contribution in [-0.2, 0) is 4.79 Å². The average Bonchev–Trinajstić information content (AvgIpc) is 3.29. The highest BCUT2D eigenvalue weighted by molar-refractivity contribution is 5.73. The van der Waals surface area contributed by atoms with Crippen LogP contribution in [0.1, 0.15) is 47.0 Å². The fourth-order valence-corrected chi connectivity index (χ4v) is 6.30. The van der Waals surface area contributed by atoms with E-state index in [0.29, 0.717) is 11.5 Å². The maximum absolute atomic E-state index is 15.0. The van der Waals surface area contributed by atoms with Crippen molar-refractivity contribution in [3.63, 3.8) is 0 Å². The first-order valence-electron chi connectivity index (χ1n) is 14.0. The number of aliphatic imine (C=N–C) groups is 1. The maximum Gasteiger partial charge on any atom is 0.228 e. The standard InChI is InChI=1S/C30H37F2N7O2/c1-16(2)41-21-12-23(31)28(24(32)13-21)26-7-6-20-14-35-30(39(20)37-26)36-27-15-34-9-8-22(27)19-10-17(3)29(25(33)11-19)38(5)18(4)40/h6-7,9,12-17,19,22,25,29H,8,10-11,33H2,1-5H3,(H,35,36). The molecule has 11 heteroatoms. The molecular formula is C30H37F2N7O2. The normalized spacial score (nSPS) is 24.4. The molecule has 1 aromatic carbocycles. The third-order valence-electron chi connectivity index (χ3n) is 8.15. The zero-order chi connectivity index (χ0) is 29.4. The molecule has 1 fully saturated rings. The van der Waals surface area contributed by atoms with Crippen molar-refractivity contribution in [2.24, 2.45) is 28.5 Å². The molecule has 9 nitrogen and oxygen atoms in total. The highest BCUT2D eigenvalue weighted by Gasteiger charge is 2.40. The van der Waals surface area contributed by atoms with Crippen LogP contribution < -0.4 is 15.8 Å². The molecule has 1 aliphatic heterocycles. The second kappa shape index (κ2) is 11.6. The van der Waals surface area contributed by atoms with E-state index in [0.717, 1.165) is 25.0 Å². The third kappa shape index (κ3) is 5.81. The molecule has 3 N–H and O–H groups in total. The van der Waals surface area contributed by atoms with Gasteiger partial charge >= 0.3 is 0 Å².